The van der Waals surface area contributed by atoms with Crippen molar-refractivity contribution in [1.82, 2.24) is 29.2 Å². The number of fused-ring (bicyclic) bond motifs is 5. The van der Waals surface area contributed by atoms with Crippen LogP contribution in [0.25, 0.3) is 28.1 Å². The van der Waals surface area contributed by atoms with Crippen molar-refractivity contribution in [1.29, 1.82) is 0 Å². The quantitative estimate of drug-likeness (QED) is 0.277. The van der Waals surface area contributed by atoms with E-state index in [4.69, 9.17) is 20.4 Å². The van der Waals surface area contributed by atoms with E-state index in [0.29, 0.717) is 29.4 Å². The van der Waals surface area contributed by atoms with Crippen LogP contribution in [0.5, 0.6) is 5.88 Å². The van der Waals surface area contributed by atoms with E-state index in [-0.39, 0.29) is 41.9 Å². The smallest absolute Gasteiger partial charge is 0.254 e. The Morgan fingerprint density at radius 3 is 2.62 bits per heavy atom. The summed E-state index contributed by atoms with van der Waals surface area (Å²) in [5.41, 5.74) is 11.4. The molecule has 3 unspecified atom stereocenters. The molecule has 3 aliphatic carbocycles. The number of imidazole rings is 1. The van der Waals surface area contributed by atoms with Gasteiger partial charge in [-0.3, -0.25) is 14.0 Å². The van der Waals surface area contributed by atoms with Crippen LogP contribution in [0.3, 0.4) is 0 Å². The number of halogens is 1. The highest BCUT2D eigenvalue weighted by Gasteiger charge is 2.64. The number of alkyl halides is 1. The lowest BCUT2D eigenvalue weighted by Crippen LogP contribution is -2.64. The zero-order valence-corrected chi connectivity index (χ0v) is 27.2. The van der Waals surface area contributed by atoms with Crippen molar-refractivity contribution >= 4 is 28.5 Å². The van der Waals surface area contributed by atoms with Gasteiger partial charge < -0.3 is 25.3 Å². The average Bonchev–Trinajstić information content (AvgIpc) is 3.37. The molecule has 246 valence electrons. The number of nitrogens with one attached hydrogen (secondary N) is 1. The van der Waals surface area contributed by atoms with Gasteiger partial charge in [0, 0.05) is 47.6 Å². The highest BCUT2D eigenvalue weighted by atomic mass is 19.1. The summed E-state index contributed by atoms with van der Waals surface area (Å²) in [7, 11) is 1.62. The third-order valence-corrected chi connectivity index (χ3v) is 12.2. The van der Waals surface area contributed by atoms with Crippen LogP contribution < -0.4 is 15.8 Å². The van der Waals surface area contributed by atoms with Gasteiger partial charge in [0.2, 0.25) is 5.91 Å². The molecule has 6 heterocycles. The second-order valence-corrected chi connectivity index (χ2v) is 14.9. The van der Waals surface area contributed by atoms with Gasteiger partial charge in [-0.2, -0.15) is 0 Å². The molecular formula is C36H42FN7O3. The number of ether oxygens (including phenoxy) is 1. The van der Waals surface area contributed by atoms with Gasteiger partial charge in [-0.25, -0.2) is 14.4 Å². The predicted octanol–water partition coefficient (Wildman–Crippen LogP) is 5.10. The topological polar surface area (TPSA) is 120 Å². The van der Waals surface area contributed by atoms with Gasteiger partial charge in [-0.15, -0.1) is 0 Å². The molecule has 7 atom stereocenters. The number of methoxy groups -OCH3 is 1. The Morgan fingerprint density at radius 2 is 1.98 bits per heavy atom. The van der Waals surface area contributed by atoms with Crippen LogP contribution in [0.15, 0.2) is 30.3 Å². The van der Waals surface area contributed by atoms with Crippen LogP contribution in [-0.4, -0.2) is 67.1 Å². The third kappa shape index (κ3) is 4.24. The molecule has 10 nitrogen and oxygen atoms in total. The third-order valence-electron chi connectivity index (χ3n) is 12.2. The van der Waals surface area contributed by atoms with Crippen molar-refractivity contribution in [3.63, 3.8) is 0 Å². The van der Waals surface area contributed by atoms with Gasteiger partial charge >= 0.3 is 0 Å². The van der Waals surface area contributed by atoms with Crippen molar-refractivity contribution in [2.75, 3.05) is 7.11 Å². The van der Waals surface area contributed by atoms with Gasteiger partial charge in [-0.1, -0.05) is 0 Å². The molecular weight excluding hydrogens is 597 g/mol. The van der Waals surface area contributed by atoms with Gasteiger partial charge in [0.1, 0.15) is 23.2 Å². The Balaban J connectivity index is 1.08. The first-order valence-corrected chi connectivity index (χ1v) is 17.3. The highest BCUT2D eigenvalue weighted by Crippen LogP contribution is 2.62. The second-order valence-electron chi connectivity index (χ2n) is 14.9. The molecule has 4 aromatic heterocycles. The predicted molar refractivity (Wildman–Crippen MR) is 175 cm³/mol. The SMILES string of the molecule is COc1cc(C(=O)N2[C@H]3CC[C@@H]2[C@H](N)C3)cc2nc(-c3cc4ccc([C@@H](C)NC(=O)C56CCC5C(F)C6)nc4n3CC3CC3)c(C)n12. The van der Waals surface area contributed by atoms with E-state index < -0.39 is 11.6 Å². The number of hydrogen-bond donors (Lipinski definition) is 2. The fraction of sp³-hybridized carbons (Fsp3) is 0.556. The summed E-state index contributed by atoms with van der Waals surface area (Å²) >= 11 is 0. The number of carbonyl (C=O) groups excluding carboxylic acids is 2. The number of aromatic nitrogens is 4. The molecule has 2 amide bonds. The highest BCUT2D eigenvalue weighted by molar-refractivity contribution is 5.97. The van der Waals surface area contributed by atoms with E-state index in [0.717, 1.165) is 72.5 Å². The van der Waals surface area contributed by atoms with Crippen LogP contribution in [0.4, 0.5) is 4.39 Å². The first-order chi connectivity index (χ1) is 22.7. The molecule has 11 heteroatoms. The summed E-state index contributed by atoms with van der Waals surface area (Å²) in [6.07, 6.45) is 6.22. The molecule has 3 N–H and O–H groups in total. The van der Waals surface area contributed by atoms with Crippen molar-refractivity contribution in [2.24, 2.45) is 23.0 Å². The van der Waals surface area contributed by atoms with E-state index in [1.165, 1.54) is 12.8 Å². The number of nitrogens with zero attached hydrogens (tertiary/aromatic N) is 5. The van der Waals surface area contributed by atoms with Crippen molar-refractivity contribution in [3.05, 3.63) is 47.3 Å². The Morgan fingerprint density at radius 1 is 1.15 bits per heavy atom. The zero-order chi connectivity index (χ0) is 32.4. The second kappa shape index (κ2) is 10.3. The number of carbonyl (C=O) groups is 2. The molecule has 4 aromatic rings. The lowest BCUT2D eigenvalue weighted by Gasteiger charge is -2.58. The summed E-state index contributed by atoms with van der Waals surface area (Å²) in [4.78, 5) is 39.3. The maximum absolute atomic E-state index is 14.0. The molecule has 2 bridgehead atoms. The van der Waals surface area contributed by atoms with Crippen LogP contribution in [0.1, 0.15) is 86.1 Å². The van der Waals surface area contributed by atoms with Gasteiger partial charge in [0.15, 0.2) is 5.88 Å². The summed E-state index contributed by atoms with van der Waals surface area (Å²) < 4.78 is 24.1. The molecule has 0 aromatic carbocycles. The largest absolute Gasteiger partial charge is 0.482 e. The van der Waals surface area contributed by atoms with Crippen LogP contribution in [-0.2, 0) is 11.3 Å². The van der Waals surface area contributed by atoms with E-state index >= 15 is 0 Å². The van der Waals surface area contributed by atoms with Gasteiger partial charge in [0.25, 0.3) is 5.91 Å². The van der Waals surface area contributed by atoms with Crippen molar-refractivity contribution < 1.29 is 18.7 Å². The molecule has 2 aliphatic heterocycles. The van der Waals surface area contributed by atoms with E-state index in [1.54, 1.807) is 7.11 Å². The lowest BCUT2D eigenvalue weighted by atomic mass is 9.46. The number of rotatable bonds is 8. The Hall–Kier alpha value is -3.99. The molecule has 3 saturated carbocycles. The van der Waals surface area contributed by atoms with Gasteiger partial charge in [0.05, 0.1) is 35.6 Å². The normalized spacial score (nSPS) is 29.9. The first-order valence-electron chi connectivity index (χ1n) is 17.3. The van der Waals surface area contributed by atoms with Crippen LogP contribution >= 0.6 is 0 Å². The molecule has 5 aliphatic rings. The molecule has 47 heavy (non-hydrogen) atoms. The minimum absolute atomic E-state index is 0.0107. The summed E-state index contributed by atoms with van der Waals surface area (Å²) in [6.45, 7) is 4.81. The summed E-state index contributed by atoms with van der Waals surface area (Å²) in [5.74, 6) is 0.958. The number of pyridine rings is 2. The number of nitrogens with two attached hydrogens (primary N) is 1. The van der Waals surface area contributed by atoms with Crippen LogP contribution in [0.2, 0.25) is 0 Å². The Labute approximate surface area is 272 Å². The van der Waals surface area contributed by atoms with Crippen molar-refractivity contribution in [2.45, 2.75) is 102 Å². The Bertz CT molecular complexity index is 1960. The van der Waals surface area contributed by atoms with E-state index in [1.807, 2.05) is 41.3 Å². The fourth-order valence-electron chi connectivity index (χ4n) is 9.17. The van der Waals surface area contributed by atoms with E-state index in [2.05, 4.69) is 22.0 Å². The summed E-state index contributed by atoms with van der Waals surface area (Å²) in [6, 6.07) is 9.90. The zero-order valence-electron chi connectivity index (χ0n) is 27.2. The average molecular weight is 640 g/mol. The minimum atomic E-state index is -0.849. The first kappa shape index (κ1) is 29.2. The molecule has 0 spiro atoms. The number of amides is 2. The Kier molecular flexibility index (Phi) is 6.36. The molecule has 0 radical (unpaired) electrons. The maximum atomic E-state index is 14.0. The summed E-state index contributed by atoms with van der Waals surface area (Å²) in [5, 5.41) is 4.16. The fourth-order valence-corrected chi connectivity index (χ4v) is 9.17. The standard InChI is InChI=1S/C36H42FN7O3/c1-18(39-35(46)36-11-10-24(36)25(37)16-36)27-8-6-21-12-29(42(33(21)40-27)17-20-4-5-20)32-19(2)43-30(41-32)13-22(14-31(43)47-3)34(45)44-23-7-9-28(44)26(38)15-23/h6,8,12-14,18,20,23-26,28H,4-5,7,9-11,15-17,38H2,1-3H3,(H,39,46)/t18-,23+,24?,25?,26-,28-,36?/m1/s1. The number of hydrogen-bond acceptors (Lipinski definition) is 6. The van der Waals surface area contributed by atoms with Crippen LogP contribution in [0, 0.1) is 24.2 Å². The van der Waals surface area contributed by atoms with Crippen molar-refractivity contribution in [3.8, 4) is 17.3 Å². The number of aryl methyl sites for hydroxylation is 1. The monoisotopic (exact) mass is 639 g/mol. The molecule has 9 rings (SSSR count). The molecule has 5 fully saturated rings. The van der Waals surface area contributed by atoms with Gasteiger partial charge in [-0.05, 0) is 95.4 Å². The molecule has 2 saturated heterocycles. The minimum Gasteiger partial charge on any atom is -0.482 e. The lowest BCUT2D eigenvalue weighted by molar-refractivity contribution is -0.176. The van der Waals surface area contributed by atoms with E-state index in [9.17, 15) is 14.0 Å². The maximum Gasteiger partial charge on any atom is 0.254 e.